The third kappa shape index (κ3) is 48.1. The number of alkyl halides is 1. The van der Waals surface area contributed by atoms with Gasteiger partial charge in [-0.3, -0.25) is 0 Å². The number of ether oxygens (including phenoxy) is 10. The van der Waals surface area contributed by atoms with Crippen LogP contribution in [0.5, 0.6) is 0 Å². The SMILES string of the molecule is CCCCCCCCCCCCCCCCCCOCCOCCOCCOCCOCCOCCOCCOCCOCCOCCBr. The van der Waals surface area contributed by atoms with E-state index in [1.165, 1.54) is 96.3 Å². The van der Waals surface area contributed by atoms with Crippen LogP contribution in [-0.4, -0.2) is 137 Å². The molecule has 0 aromatic heterocycles. The third-order valence-corrected chi connectivity index (χ3v) is 8.04. The van der Waals surface area contributed by atoms with Gasteiger partial charge in [0, 0.05) is 11.9 Å². The van der Waals surface area contributed by atoms with E-state index in [9.17, 15) is 0 Å². The van der Waals surface area contributed by atoms with Gasteiger partial charge in [-0.2, -0.15) is 0 Å². The molecule has 11 heteroatoms. The van der Waals surface area contributed by atoms with Crippen molar-refractivity contribution < 1.29 is 47.4 Å². The van der Waals surface area contributed by atoms with Gasteiger partial charge in [0.05, 0.1) is 126 Å². The molecular formula is C38H77BrO10. The Bertz CT molecular complexity index is 519. The van der Waals surface area contributed by atoms with E-state index < -0.39 is 0 Å². The van der Waals surface area contributed by atoms with Crippen LogP contribution in [0.25, 0.3) is 0 Å². The second kappa shape index (κ2) is 48.1. The van der Waals surface area contributed by atoms with Crippen LogP contribution in [0.15, 0.2) is 0 Å². The van der Waals surface area contributed by atoms with Gasteiger partial charge in [0.2, 0.25) is 0 Å². The molecule has 0 unspecified atom stereocenters. The van der Waals surface area contributed by atoms with E-state index in [1.54, 1.807) is 0 Å². The first-order chi connectivity index (χ1) is 24.4. The Hall–Kier alpha value is 0.0800. The standard InChI is InChI=1S/C38H77BrO10/c1-2-3-4-5-6-7-8-9-10-11-12-13-14-15-16-17-19-40-21-23-42-25-27-44-29-31-46-33-35-48-37-38-49-36-34-47-32-30-45-28-26-43-24-22-41-20-18-39/h2-38H2,1H3. The predicted octanol–water partition coefficient (Wildman–Crippen LogP) is 7.81. The highest BCUT2D eigenvalue weighted by Crippen LogP contribution is 2.13. The molecule has 0 rings (SSSR count). The smallest absolute Gasteiger partial charge is 0.0701 e. The Morgan fingerprint density at radius 2 is 0.408 bits per heavy atom. The molecular weight excluding hydrogens is 696 g/mol. The van der Waals surface area contributed by atoms with Gasteiger partial charge < -0.3 is 47.4 Å². The van der Waals surface area contributed by atoms with E-state index in [0.717, 1.165) is 18.4 Å². The summed E-state index contributed by atoms with van der Waals surface area (Å²) in [5.41, 5.74) is 0. The Morgan fingerprint density at radius 1 is 0.224 bits per heavy atom. The zero-order valence-electron chi connectivity index (χ0n) is 31.6. The predicted molar refractivity (Wildman–Crippen MR) is 202 cm³/mol. The van der Waals surface area contributed by atoms with Gasteiger partial charge in [-0.05, 0) is 6.42 Å². The second-order valence-electron chi connectivity index (χ2n) is 12.1. The summed E-state index contributed by atoms with van der Waals surface area (Å²) in [5, 5.41) is 0.843. The van der Waals surface area contributed by atoms with E-state index in [-0.39, 0.29) is 0 Å². The summed E-state index contributed by atoms with van der Waals surface area (Å²) in [6, 6.07) is 0. The first kappa shape index (κ1) is 49.1. The third-order valence-electron chi connectivity index (χ3n) is 7.71. The minimum absolute atomic E-state index is 0.532. The van der Waals surface area contributed by atoms with Gasteiger partial charge in [-0.25, -0.2) is 0 Å². The van der Waals surface area contributed by atoms with Crippen LogP contribution < -0.4 is 0 Å². The minimum atomic E-state index is 0.532. The number of hydrogen-bond donors (Lipinski definition) is 0. The molecule has 0 aliphatic heterocycles. The summed E-state index contributed by atoms with van der Waals surface area (Å²) in [7, 11) is 0. The second-order valence-corrected chi connectivity index (χ2v) is 12.9. The van der Waals surface area contributed by atoms with Gasteiger partial charge in [-0.1, -0.05) is 119 Å². The van der Waals surface area contributed by atoms with Crippen molar-refractivity contribution in [1.29, 1.82) is 0 Å². The highest BCUT2D eigenvalue weighted by molar-refractivity contribution is 9.09. The molecule has 0 N–H and O–H groups in total. The quantitative estimate of drug-likeness (QED) is 0.0451. The lowest BCUT2D eigenvalue weighted by Crippen LogP contribution is -2.15. The molecule has 296 valence electrons. The Kier molecular flexibility index (Phi) is 48.2. The number of hydrogen-bond acceptors (Lipinski definition) is 10. The fourth-order valence-corrected chi connectivity index (χ4v) is 5.12. The highest BCUT2D eigenvalue weighted by Gasteiger charge is 1.98. The van der Waals surface area contributed by atoms with Crippen LogP contribution in [0.1, 0.15) is 110 Å². The number of rotatable bonds is 46. The van der Waals surface area contributed by atoms with Gasteiger partial charge in [0.25, 0.3) is 0 Å². The van der Waals surface area contributed by atoms with Crippen molar-refractivity contribution in [1.82, 2.24) is 0 Å². The van der Waals surface area contributed by atoms with Gasteiger partial charge in [0.15, 0.2) is 0 Å². The van der Waals surface area contributed by atoms with Gasteiger partial charge in [0.1, 0.15) is 0 Å². The molecule has 0 saturated carbocycles. The lowest BCUT2D eigenvalue weighted by Gasteiger charge is -2.09. The molecule has 49 heavy (non-hydrogen) atoms. The van der Waals surface area contributed by atoms with E-state index in [1.807, 2.05) is 0 Å². The van der Waals surface area contributed by atoms with E-state index >= 15 is 0 Å². The highest BCUT2D eigenvalue weighted by atomic mass is 79.9. The van der Waals surface area contributed by atoms with Crippen LogP contribution in [0.2, 0.25) is 0 Å². The Labute approximate surface area is 309 Å². The summed E-state index contributed by atoms with van der Waals surface area (Å²) in [6.45, 7) is 13.9. The van der Waals surface area contributed by atoms with Crippen LogP contribution >= 0.6 is 15.9 Å². The molecule has 0 amide bonds. The largest absolute Gasteiger partial charge is 0.379 e. The zero-order chi connectivity index (χ0) is 35.2. The fourth-order valence-electron chi connectivity index (χ4n) is 4.89. The molecule has 0 atom stereocenters. The average molecular weight is 774 g/mol. The molecule has 0 radical (unpaired) electrons. The first-order valence-corrected chi connectivity index (χ1v) is 20.9. The zero-order valence-corrected chi connectivity index (χ0v) is 33.2. The first-order valence-electron chi connectivity index (χ1n) is 19.7. The summed E-state index contributed by atoms with van der Waals surface area (Å²) >= 11 is 3.31. The summed E-state index contributed by atoms with van der Waals surface area (Å²) in [5.74, 6) is 0. The molecule has 0 bridgehead atoms. The maximum Gasteiger partial charge on any atom is 0.0701 e. The maximum absolute atomic E-state index is 5.69. The molecule has 0 saturated heterocycles. The topological polar surface area (TPSA) is 92.3 Å². The summed E-state index contributed by atoms with van der Waals surface area (Å²) in [4.78, 5) is 0. The van der Waals surface area contributed by atoms with Crippen LogP contribution in [-0.2, 0) is 47.4 Å². The van der Waals surface area contributed by atoms with E-state index in [4.69, 9.17) is 47.4 Å². The number of halogens is 1. The molecule has 0 spiro atoms. The maximum atomic E-state index is 5.69. The Balaban J connectivity index is 3.04. The monoisotopic (exact) mass is 772 g/mol. The van der Waals surface area contributed by atoms with Crippen molar-refractivity contribution in [3.63, 3.8) is 0 Å². The van der Waals surface area contributed by atoms with E-state index in [2.05, 4.69) is 22.9 Å². The van der Waals surface area contributed by atoms with Gasteiger partial charge in [-0.15, -0.1) is 0 Å². The van der Waals surface area contributed by atoms with Crippen LogP contribution in [0.3, 0.4) is 0 Å². The normalized spacial score (nSPS) is 11.6. The van der Waals surface area contributed by atoms with Crippen molar-refractivity contribution >= 4 is 15.9 Å². The molecule has 0 aliphatic rings. The van der Waals surface area contributed by atoms with Crippen molar-refractivity contribution in [3.8, 4) is 0 Å². The molecule has 0 aromatic rings. The van der Waals surface area contributed by atoms with Crippen LogP contribution in [0, 0.1) is 0 Å². The van der Waals surface area contributed by atoms with Gasteiger partial charge >= 0.3 is 0 Å². The Morgan fingerprint density at radius 3 is 0.633 bits per heavy atom. The molecule has 0 fully saturated rings. The molecule has 10 nitrogen and oxygen atoms in total. The minimum Gasteiger partial charge on any atom is -0.379 e. The fraction of sp³-hybridized carbons (Fsp3) is 1.00. The summed E-state index contributed by atoms with van der Waals surface area (Å²) in [6.07, 6.45) is 22.2. The molecule has 0 aliphatic carbocycles. The summed E-state index contributed by atoms with van der Waals surface area (Å²) < 4.78 is 54.9. The molecule has 0 aromatic carbocycles. The lowest BCUT2D eigenvalue weighted by atomic mass is 10.0. The van der Waals surface area contributed by atoms with Crippen molar-refractivity contribution in [2.45, 2.75) is 110 Å². The number of unbranched alkanes of at least 4 members (excludes halogenated alkanes) is 15. The van der Waals surface area contributed by atoms with E-state index in [0.29, 0.717) is 126 Å². The lowest BCUT2D eigenvalue weighted by molar-refractivity contribution is -0.0262. The molecule has 0 heterocycles. The van der Waals surface area contributed by atoms with Crippen LogP contribution in [0.4, 0.5) is 0 Å². The van der Waals surface area contributed by atoms with Crippen molar-refractivity contribution in [3.05, 3.63) is 0 Å². The van der Waals surface area contributed by atoms with Crippen molar-refractivity contribution in [2.24, 2.45) is 0 Å². The van der Waals surface area contributed by atoms with Crippen molar-refractivity contribution in [2.75, 3.05) is 137 Å². The average Bonchev–Trinajstić information content (AvgIpc) is 3.11.